The van der Waals surface area contributed by atoms with Crippen LogP contribution in [0.5, 0.6) is 5.75 Å². The van der Waals surface area contributed by atoms with Gasteiger partial charge in [-0.3, -0.25) is 4.79 Å². The van der Waals surface area contributed by atoms with Gasteiger partial charge in [0.15, 0.2) is 0 Å². The first kappa shape index (κ1) is 13.6. The van der Waals surface area contributed by atoms with Gasteiger partial charge in [-0.25, -0.2) is 0 Å². The van der Waals surface area contributed by atoms with E-state index in [0.29, 0.717) is 13.2 Å². The molecular formula is C17H15NO2S. The summed E-state index contributed by atoms with van der Waals surface area (Å²) in [4.78, 5) is 12.5. The first-order chi connectivity index (χ1) is 10.3. The molecule has 0 radical (unpaired) electrons. The molecule has 1 amide bonds. The largest absolute Gasteiger partial charge is 0.491 e. The maximum atomic E-state index is 11.8. The minimum Gasteiger partial charge on any atom is -0.491 e. The highest BCUT2D eigenvalue weighted by molar-refractivity contribution is 7.12. The lowest BCUT2D eigenvalue weighted by Crippen LogP contribution is -2.27. The van der Waals surface area contributed by atoms with E-state index in [1.807, 2.05) is 47.8 Å². The van der Waals surface area contributed by atoms with E-state index >= 15 is 0 Å². The number of nitrogens with one attached hydrogen (secondary N) is 1. The zero-order chi connectivity index (χ0) is 14.5. The van der Waals surface area contributed by atoms with Gasteiger partial charge >= 0.3 is 0 Å². The maximum Gasteiger partial charge on any atom is 0.261 e. The van der Waals surface area contributed by atoms with Crippen molar-refractivity contribution in [2.75, 3.05) is 13.2 Å². The van der Waals surface area contributed by atoms with Crippen molar-refractivity contribution in [2.45, 2.75) is 0 Å². The Balaban J connectivity index is 1.56. The zero-order valence-electron chi connectivity index (χ0n) is 11.4. The molecule has 3 rings (SSSR count). The highest BCUT2D eigenvalue weighted by Crippen LogP contribution is 2.24. The van der Waals surface area contributed by atoms with Crippen molar-refractivity contribution in [3.63, 3.8) is 0 Å². The minimum absolute atomic E-state index is 0.0495. The summed E-state index contributed by atoms with van der Waals surface area (Å²) in [7, 11) is 0. The summed E-state index contributed by atoms with van der Waals surface area (Å²) in [6, 6.07) is 17.8. The predicted octanol–water partition coefficient (Wildman–Crippen LogP) is 3.71. The van der Waals surface area contributed by atoms with Crippen LogP contribution in [0.25, 0.3) is 10.8 Å². The van der Waals surface area contributed by atoms with E-state index in [1.54, 1.807) is 0 Å². The molecule has 1 heterocycles. The molecule has 1 aromatic heterocycles. The summed E-state index contributed by atoms with van der Waals surface area (Å²) in [5.74, 6) is 0.796. The second-order valence-electron chi connectivity index (χ2n) is 4.56. The van der Waals surface area contributed by atoms with E-state index in [1.165, 1.54) is 11.3 Å². The molecule has 0 unspecified atom stereocenters. The first-order valence-electron chi connectivity index (χ1n) is 6.77. The van der Waals surface area contributed by atoms with Crippen molar-refractivity contribution in [1.29, 1.82) is 0 Å². The van der Waals surface area contributed by atoms with Gasteiger partial charge in [0.1, 0.15) is 12.4 Å². The SMILES string of the molecule is O=C(NCCOc1cccc2ccccc12)c1cccs1. The summed E-state index contributed by atoms with van der Waals surface area (Å²) in [5.41, 5.74) is 0. The number of amides is 1. The van der Waals surface area contributed by atoms with E-state index in [4.69, 9.17) is 4.74 Å². The van der Waals surface area contributed by atoms with Crippen LogP contribution in [0.3, 0.4) is 0 Å². The van der Waals surface area contributed by atoms with Gasteiger partial charge in [0, 0.05) is 5.39 Å². The van der Waals surface area contributed by atoms with Crippen LogP contribution in [0.2, 0.25) is 0 Å². The van der Waals surface area contributed by atoms with Gasteiger partial charge in [-0.1, -0.05) is 42.5 Å². The Bertz CT molecular complexity index is 732. The van der Waals surface area contributed by atoms with E-state index < -0.39 is 0 Å². The number of hydrogen-bond donors (Lipinski definition) is 1. The van der Waals surface area contributed by atoms with Gasteiger partial charge < -0.3 is 10.1 Å². The van der Waals surface area contributed by atoms with E-state index in [2.05, 4.69) is 17.4 Å². The topological polar surface area (TPSA) is 38.3 Å². The van der Waals surface area contributed by atoms with Crippen LogP contribution in [0.1, 0.15) is 9.67 Å². The molecule has 0 aliphatic heterocycles. The molecule has 0 saturated carbocycles. The monoisotopic (exact) mass is 297 g/mol. The molecule has 3 nitrogen and oxygen atoms in total. The quantitative estimate of drug-likeness (QED) is 0.729. The lowest BCUT2D eigenvalue weighted by molar-refractivity contribution is 0.0951. The van der Waals surface area contributed by atoms with Crippen molar-refractivity contribution < 1.29 is 9.53 Å². The smallest absolute Gasteiger partial charge is 0.261 e. The molecule has 0 fully saturated rings. The predicted molar refractivity (Wildman–Crippen MR) is 86.1 cm³/mol. The maximum absolute atomic E-state index is 11.8. The average molecular weight is 297 g/mol. The number of ether oxygens (including phenoxy) is 1. The Morgan fingerprint density at radius 2 is 1.90 bits per heavy atom. The molecule has 0 spiro atoms. The summed E-state index contributed by atoms with van der Waals surface area (Å²) < 4.78 is 5.78. The number of rotatable bonds is 5. The minimum atomic E-state index is -0.0495. The van der Waals surface area contributed by atoms with Gasteiger partial charge in [0.2, 0.25) is 0 Å². The van der Waals surface area contributed by atoms with Gasteiger partial charge in [-0.15, -0.1) is 11.3 Å². The third-order valence-corrected chi connectivity index (χ3v) is 4.01. The summed E-state index contributed by atoms with van der Waals surface area (Å²) in [6.45, 7) is 0.936. The number of fused-ring (bicyclic) bond motifs is 1. The Hall–Kier alpha value is -2.33. The van der Waals surface area contributed by atoms with E-state index in [0.717, 1.165) is 21.4 Å². The number of carbonyl (C=O) groups excluding carboxylic acids is 1. The number of carbonyl (C=O) groups is 1. The Kier molecular flexibility index (Phi) is 4.17. The van der Waals surface area contributed by atoms with Gasteiger partial charge in [-0.2, -0.15) is 0 Å². The number of thiophene rings is 1. The molecule has 2 aromatic carbocycles. The van der Waals surface area contributed by atoms with Crippen molar-refractivity contribution >= 4 is 28.0 Å². The van der Waals surface area contributed by atoms with Gasteiger partial charge in [0.05, 0.1) is 11.4 Å². The van der Waals surface area contributed by atoms with Crippen LogP contribution in [0.15, 0.2) is 60.0 Å². The van der Waals surface area contributed by atoms with Crippen LogP contribution in [0, 0.1) is 0 Å². The molecular weight excluding hydrogens is 282 g/mol. The van der Waals surface area contributed by atoms with Crippen LogP contribution < -0.4 is 10.1 Å². The molecule has 0 saturated heterocycles. The van der Waals surface area contributed by atoms with E-state index in [9.17, 15) is 4.79 Å². The molecule has 106 valence electrons. The second-order valence-corrected chi connectivity index (χ2v) is 5.51. The summed E-state index contributed by atoms with van der Waals surface area (Å²) >= 11 is 1.43. The molecule has 0 atom stereocenters. The highest BCUT2D eigenvalue weighted by Gasteiger charge is 2.05. The zero-order valence-corrected chi connectivity index (χ0v) is 12.2. The summed E-state index contributed by atoms with van der Waals surface area (Å²) in [5, 5.41) is 6.98. The third-order valence-electron chi connectivity index (χ3n) is 3.14. The normalized spacial score (nSPS) is 10.5. The average Bonchev–Trinajstić information content (AvgIpc) is 3.06. The number of hydrogen-bond acceptors (Lipinski definition) is 3. The lowest BCUT2D eigenvalue weighted by Gasteiger charge is -2.09. The van der Waals surface area contributed by atoms with Gasteiger partial charge in [-0.05, 0) is 22.9 Å². The lowest BCUT2D eigenvalue weighted by atomic mass is 10.1. The fourth-order valence-corrected chi connectivity index (χ4v) is 2.78. The molecule has 0 bridgehead atoms. The van der Waals surface area contributed by atoms with Crippen LogP contribution in [-0.2, 0) is 0 Å². The van der Waals surface area contributed by atoms with Crippen molar-refractivity contribution in [2.24, 2.45) is 0 Å². The first-order valence-corrected chi connectivity index (χ1v) is 7.65. The molecule has 0 aliphatic carbocycles. The summed E-state index contributed by atoms with van der Waals surface area (Å²) in [6.07, 6.45) is 0. The highest BCUT2D eigenvalue weighted by atomic mass is 32.1. The van der Waals surface area contributed by atoms with Crippen LogP contribution in [-0.4, -0.2) is 19.1 Å². The fraction of sp³-hybridized carbons (Fsp3) is 0.118. The number of benzene rings is 2. The standard InChI is InChI=1S/C17H15NO2S/c19-17(16-9-4-12-21-16)18-10-11-20-15-8-3-6-13-5-1-2-7-14(13)15/h1-9,12H,10-11H2,(H,18,19). The van der Waals surface area contributed by atoms with Crippen molar-refractivity contribution in [3.8, 4) is 5.75 Å². The molecule has 21 heavy (non-hydrogen) atoms. The third kappa shape index (κ3) is 3.23. The Morgan fingerprint density at radius 1 is 1.05 bits per heavy atom. The Morgan fingerprint density at radius 3 is 2.76 bits per heavy atom. The fourth-order valence-electron chi connectivity index (χ4n) is 2.14. The van der Waals surface area contributed by atoms with Crippen molar-refractivity contribution in [3.05, 3.63) is 64.9 Å². The van der Waals surface area contributed by atoms with E-state index in [-0.39, 0.29) is 5.91 Å². The molecule has 4 heteroatoms. The second kappa shape index (κ2) is 6.41. The van der Waals surface area contributed by atoms with Gasteiger partial charge in [0.25, 0.3) is 5.91 Å². The van der Waals surface area contributed by atoms with Crippen LogP contribution in [0.4, 0.5) is 0 Å². The molecule has 3 aromatic rings. The Labute approximate surface area is 127 Å². The van der Waals surface area contributed by atoms with Crippen molar-refractivity contribution in [1.82, 2.24) is 5.32 Å². The molecule has 1 N–H and O–H groups in total. The molecule has 0 aliphatic rings. The van der Waals surface area contributed by atoms with Crippen LogP contribution >= 0.6 is 11.3 Å².